The van der Waals surface area contributed by atoms with Crippen LogP contribution < -0.4 is 15.8 Å². The van der Waals surface area contributed by atoms with Crippen LogP contribution in [0.25, 0.3) is 0 Å². The highest BCUT2D eigenvalue weighted by atomic mass is 19.2. The van der Waals surface area contributed by atoms with Crippen LogP contribution in [0.3, 0.4) is 0 Å². The lowest BCUT2D eigenvalue weighted by Crippen LogP contribution is -2.45. The summed E-state index contributed by atoms with van der Waals surface area (Å²) in [5.74, 6) is -5.55. The molecule has 1 saturated carbocycles. The summed E-state index contributed by atoms with van der Waals surface area (Å²) in [6.07, 6.45) is 5.16. The SMILES string of the molecule is Cc1cc(F)c(F)c(OCC(=O)C(CCCCN)NC(=O)C2CCCC2)c1F. The molecule has 0 heterocycles. The minimum Gasteiger partial charge on any atom is -0.480 e. The number of carbonyl (C=O) groups excluding carboxylic acids is 2. The van der Waals surface area contributed by atoms with Crippen molar-refractivity contribution in [2.45, 2.75) is 57.9 Å². The van der Waals surface area contributed by atoms with Crippen molar-refractivity contribution in [2.75, 3.05) is 13.2 Å². The molecule has 8 heteroatoms. The fourth-order valence-corrected chi connectivity index (χ4v) is 3.36. The molecular weight excluding hydrogens is 373 g/mol. The Balaban J connectivity index is 2.04. The second-order valence-corrected chi connectivity index (χ2v) is 7.21. The van der Waals surface area contributed by atoms with Crippen LogP contribution in [0.4, 0.5) is 13.2 Å². The Labute approximate surface area is 162 Å². The van der Waals surface area contributed by atoms with Crippen LogP contribution in [-0.2, 0) is 9.59 Å². The molecular formula is C20H27F3N2O3. The number of amides is 1. The fraction of sp³-hybridized carbons (Fsp3) is 0.600. The number of halogens is 3. The highest BCUT2D eigenvalue weighted by Crippen LogP contribution is 2.27. The highest BCUT2D eigenvalue weighted by Gasteiger charge is 2.28. The Morgan fingerprint density at radius 3 is 2.54 bits per heavy atom. The van der Waals surface area contributed by atoms with E-state index in [2.05, 4.69) is 5.32 Å². The van der Waals surface area contributed by atoms with Gasteiger partial charge in [-0.15, -0.1) is 0 Å². The summed E-state index contributed by atoms with van der Waals surface area (Å²) in [5, 5.41) is 2.74. The highest BCUT2D eigenvalue weighted by molar-refractivity contribution is 5.90. The van der Waals surface area contributed by atoms with Crippen LogP contribution in [0, 0.1) is 30.3 Å². The molecule has 1 unspecified atom stereocenters. The quantitative estimate of drug-likeness (QED) is 0.467. The topological polar surface area (TPSA) is 81.4 Å². The van der Waals surface area contributed by atoms with Crippen molar-refractivity contribution in [2.24, 2.45) is 11.7 Å². The Morgan fingerprint density at radius 1 is 1.21 bits per heavy atom. The first-order valence-electron chi connectivity index (χ1n) is 9.65. The monoisotopic (exact) mass is 400 g/mol. The molecule has 0 aromatic heterocycles. The maximum absolute atomic E-state index is 14.0. The van der Waals surface area contributed by atoms with Gasteiger partial charge in [0, 0.05) is 5.92 Å². The van der Waals surface area contributed by atoms with Gasteiger partial charge in [-0.2, -0.15) is 4.39 Å². The number of benzene rings is 1. The minimum atomic E-state index is -1.48. The van der Waals surface area contributed by atoms with E-state index in [1.807, 2.05) is 0 Å². The van der Waals surface area contributed by atoms with Crippen molar-refractivity contribution in [3.05, 3.63) is 29.1 Å². The lowest BCUT2D eigenvalue weighted by Gasteiger charge is -2.20. The summed E-state index contributed by atoms with van der Waals surface area (Å²) in [4.78, 5) is 24.9. The zero-order valence-electron chi connectivity index (χ0n) is 16.0. The van der Waals surface area contributed by atoms with Crippen LogP contribution in [0.2, 0.25) is 0 Å². The number of nitrogens with two attached hydrogens (primary N) is 1. The number of aryl methyl sites for hydroxylation is 1. The van der Waals surface area contributed by atoms with Crippen molar-refractivity contribution in [1.82, 2.24) is 5.32 Å². The number of hydrogen-bond donors (Lipinski definition) is 2. The predicted molar refractivity (Wildman–Crippen MR) is 98.3 cm³/mol. The molecule has 0 spiro atoms. The Morgan fingerprint density at radius 2 is 1.89 bits per heavy atom. The number of unbranched alkanes of at least 4 members (excludes halogenated alkanes) is 1. The van der Waals surface area contributed by atoms with E-state index in [1.165, 1.54) is 6.92 Å². The summed E-state index contributed by atoms with van der Waals surface area (Å²) in [6.45, 7) is 1.05. The van der Waals surface area contributed by atoms with Crippen LogP contribution in [0.1, 0.15) is 50.5 Å². The molecule has 1 amide bonds. The smallest absolute Gasteiger partial charge is 0.223 e. The second kappa shape index (κ2) is 10.5. The van der Waals surface area contributed by atoms with Gasteiger partial charge in [0.1, 0.15) is 6.61 Å². The van der Waals surface area contributed by atoms with Gasteiger partial charge in [0.25, 0.3) is 0 Å². The molecule has 2 rings (SSSR count). The van der Waals surface area contributed by atoms with E-state index >= 15 is 0 Å². The van der Waals surface area contributed by atoms with Crippen molar-refractivity contribution in [3.63, 3.8) is 0 Å². The number of carbonyl (C=O) groups is 2. The molecule has 0 radical (unpaired) electrons. The molecule has 1 aromatic carbocycles. The maximum Gasteiger partial charge on any atom is 0.223 e. The molecule has 156 valence electrons. The lowest BCUT2D eigenvalue weighted by atomic mass is 10.0. The molecule has 0 aliphatic heterocycles. The molecule has 1 aliphatic rings. The number of Topliss-reactive ketones (excluding diaryl/α,β-unsaturated/α-hetero) is 1. The zero-order chi connectivity index (χ0) is 20.7. The molecule has 5 nitrogen and oxygen atoms in total. The molecule has 0 saturated heterocycles. The molecule has 1 fully saturated rings. The van der Waals surface area contributed by atoms with Crippen LogP contribution >= 0.6 is 0 Å². The Bertz CT molecular complexity index is 680. The van der Waals surface area contributed by atoms with Gasteiger partial charge in [-0.05, 0) is 57.2 Å². The van der Waals surface area contributed by atoms with Crippen molar-refractivity contribution < 1.29 is 27.5 Å². The van der Waals surface area contributed by atoms with Crippen LogP contribution in [0.5, 0.6) is 5.75 Å². The Kier molecular flexibility index (Phi) is 8.29. The number of ketones is 1. The Hall–Kier alpha value is -2.09. The van der Waals surface area contributed by atoms with Gasteiger partial charge < -0.3 is 15.8 Å². The normalized spacial score (nSPS) is 15.5. The predicted octanol–water partition coefficient (Wildman–Crippen LogP) is 3.16. The van der Waals surface area contributed by atoms with Crippen LogP contribution in [0.15, 0.2) is 6.07 Å². The first-order chi connectivity index (χ1) is 13.3. The fourth-order valence-electron chi connectivity index (χ4n) is 3.36. The second-order valence-electron chi connectivity index (χ2n) is 7.21. The van der Waals surface area contributed by atoms with E-state index in [1.54, 1.807) is 0 Å². The maximum atomic E-state index is 14.0. The van der Waals surface area contributed by atoms with E-state index in [9.17, 15) is 22.8 Å². The van der Waals surface area contributed by atoms with Gasteiger partial charge in [-0.1, -0.05) is 12.8 Å². The number of nitrogens with one attached hydrogen (secondary N) is 1. The van der Waals surface area contributed by atoms with E-state index in [4.69, 9.17) is 10.5 Å². The minimum absolute atomic E-state index is 0.119. The third-order valence-electron chi connectivity index (χ3n) is 5.03. The summed E-state index contributed by atoms with van der Waals surface area (Å²) in [7, 11) is 0. The van der Waals surface area contributed by atoms with E-state index in [-0.39, 0.29) is 17.4 Å². The zero-order valence-corrected chi connectivity index (χ0v) is 16.0. The average Bonchev–Trinajstić information content (AvgIpc) is 3.20. The molecule has 0 bridgehead atoms. The average molecular weight is 400 g/mol. The molecule has 3 N–H and O–H groups in total. The van der Waals surface area contributed by atoms with Crippen molar-refractivity contribution in [1.29, 1.82) is 0 Å². The summed E-state index contributed by atoms with van der Waals surface area (Å²) >= 11 is 0. The largest absolute Gasteiger partial charge is 0.480 e. The molecule has 1 aliphatic carbocycles. The third kappa shape index (κ3) is 5.70. The van der Waals surface area contributed by atoms with Crippen LogP contribution in [-0.4, -0.2) is 30.9 Å². The van der Waals surface area contributed by atoms with Gasteiger partial charge in [-0.25, -0.2) is 8.78 Å². The summed E-state index contributed by atoms with van der Waals surface area (Å²) < 4.78 is 46.3. The molecule has 1 atom stereocenters. The number of hydrogen-bond acceptors (Lipinski definition) is 4. The summed E-state index contributed by atoms with van der Waals surface area (Å²) in [5.41, 5.74) is 5.34. The molecule has 1 aromatic rings. The standard InChI is InChI=1S/C20H27F3N2O3/c1-12-10-14(21)18(23)19(17(12)22)28-11-16(26)15(8-4-5-9-24)25-20(27)13-6-2-3-7-13/h10,13,15H,2-9,11,24H2,1H3,(H,25,27). The van der Waals surface area contributed by atoms with Gasteiger partial charge in [-0.3, -0.25) is 9.59 Å². The first kappa shape index (κ1) is 22.2. The lowest BCUT2D eigenvalue weighted by molar-refractivity contribution is -0.131. The summed E-state index contributed by atoms with van der Waals surface area (Å²) in [6, 6.07) is -0.114. The van der Waals surface area contributed by atoms with Gasteiger partial charge >= 0.3 is 0 Å². The first-order valence-corrected chi connectivity index (χ1v) is 9.65. The van der Waals surface area contributed by atoms with Gasteiger partial charge in [0.15, 0.2) is 23.2 Å². The van der Waals surface area contributed by atoms with Crippen molar-refractivity contribution in [3.8, 4) is 5.75 Å². The molecule has 28 heavy (non-hydrogen) atoms. The van der Waals surface area contributed by atoms with E-state index < -0.39 is 41.6 Å². The van der Waals surface area contributed by atoms with E-state index in [0.717, 1.165) is 31.7 Å². The number of rotatable bonds is 10. The van der Waals surface area contributed by atoms with Gasteiger partial charge in [0.05, 0.1) is 6.04 Å². The van der Waals surface area contributed by atoms with Gasteiger partial charge in [0.2, 0.25) is 11.7 Å². The van der Waals surface area contributed by atoms with Crippen molar-refractivity contribution >= 4 is 11.7 Å². The number of ether oxygens (including phenoxy) is 1. The van der Waals surface area contributed by atoms with E-state index in [0.29, 0.717) is 25.8 Å². The third-order valence-corrected chi connectivity index (χ3v) is 5.03.